The molecule has 0 spiro atoms. The summed E-state index contributed by atoms with van der Waals surface area (Å²) in [6, 6.07) is 0. The minimum Gasteiger partial charge on any atom is -0.478 e. The van der Waals surface area contributed by atoms with E-state index in [1.165, 1.54) is 24.5 Å². The molecule has 0 aliphatic heterocycles. The Labute approximate surface area is 83.4 Å². The Morgan fingerprint density at radius 3 is 2.92 bits per heavy atom. The number of carboxylic acid groups (broad SMARTS) is 1. The zero-order valence-corrected chi connectivity index (χ0v) is 8.22. The predicted octanol–water partition coefficient (Wildman–Crippen LogP) is 1.90. The Hall–Kier alpha value is -1.07. The second-order valence-electron chi connectivity index (χ2n) is 2.01. The molecule has 0 saturated carbocycles. The number of aromatic nitrogens is 1. The quantitative estimate of drug-likeness (QED) is 0.789. The highest BCUT2D eigenvalue weighted by Crippen LogP contribution is 2.29. The van der Waals surface area contributed by atoms with E-state index in [0.29, 0.717) is 10.1 Å². The van der Waals surface area contributed by atoms with Gasteiger partial charge in [0.15, 0.2) is 5.15 Å². The van der Waals surface area contributed by atoms with Gasteiger partial charge in [-0.25, -0.2) is 4.79 Å². The summed E-state index contributed by atoms with van der Waals surface area (Å²) < 4.78 is 4.82. The molecule has 0 aliphatic rings. The van der Waals surface area contributed by atoms with Crippen molar-refractivity contribution in [2.45, 2.75) is 0 Å². The molecule has 0 fully saturated rings. The van der Waals surface area contributed by atoms with E-state index in [1.54, 1.807) is 0 Å². The Kier molecular flexibility index (Phi) is 3.27. The van der Waals surface area contributed by atoms with Crippen LogP contribution in [-0.2, 0) is 4.79 Å². The lowest BCUT2D eigenvalue weighted by Gasteiger charge is -1.85. The molecule has 1 heterocycles. The molecule has 0 aliphatic carbocycles. The number of methoxy groups -OCH3 is 1. The number of aliphatic carboxylic acids is 1. The predicted molar refractivity (Wildman–Crippen MR) is 50.3 cm³/mol. The summed E-state index contributed by atoms with van der Waals surface area (Å²) in [4.78, 5) is 14.6. The molecule has 0 bridgehead atoms. The molecule has 0 unspecified atom stereocenters. The van der Waals surface area contributed by atoms with E-state index in [9.17, 15) is 4.79 Å². The van der Waals surface area contributed by atoms with E-state index in [1.807, 2.05) is 0 Å². The van der Waals surface area contributed by atoms with Crippen molar-refractivity contribution < 1.29 is 14.6 Å². The van der Waals surface area contributed by atoms with E-state index in [4.69, 9.17) is 21.4 Å². The first-order valence-corrected chi connectivity index (χ1v) is 4.44. The van der Waals surface area contributed by atoms with E-state index >= 15 is 0 Å². The van der Waals surface area contributed by atoms with Gasteiger partial charge in [-0.2, -0.15) is 4.98 Å². The minimum atomic E-state index is -1.02. The number of ether oxygens (including phenoxy) is 1. The Balaban J connectivity index is 2.88. The van der Waals surface area contributed by atoms with Crippen LogP contribution in [-0.4, -0.2) is 23.2 Å². The van der Waals surface area contributed by atoms with Gasteiger partial charge in [0, 0.05) is 6.08 Å². The Morgan fingerprint density at radius 1 is 1.77 bits per heavy atom. The van der Waals surface area contributed by atoms with Crippen LogP contribution in [0.1, 0.15) is 4.88 Å². The molecule has 0 saturated heterocycles. The van der Waals surface area contributed by atoms with E-state index in [-0.39, 0.29) is 5.15 Å². The highest BCUT2D eigenvalue weighted by Gasteiger charge is 2.06. The maximum absolute atomic E-state index is 10.2. The lowest BCUT2D eigenvalue weighted by molar-refractivity contribution is -0.131. The number of rotatable bonds is 3. The Bertz CT molecular complexity index is 348. The first-order chi connectivity index (χ1) is 6.13. The fraction of sp³-hybridized carbons (Fsp3) is 0.143. The highest BCUT2D eigenvalue weighted by molar-refractivity contribution is 7.14. The number of thiazole rings is 1. The van der Waals surface area contributed by atoms with E-state index in [0.717, 1.165) is 6.08 Å². The normalized spacial score (nSPS) is 10.6. The van der Waals surface area contributed by atoms with Crippen LogP contribution in [0, 0.1) is 0 Å². The summed E-state index contributed by atoms with van der Waals surface area (Å²) in [5.74, 6) is -1.02. The van der Waals surface area contributed by atoms with Crippen LogP contribution in [0.15, 0.2) is 6.08 Å². The van der Waals surface area contributed by atoms with Gasteiger partial charge in [-0.1, -0.05) is 22.9 Å². The van der Waals surface area contributed by atoms with E-state index in [2.05, 4.69) is 4.98 Å². The van der Waals surface area contributed by atoms with Crippen molar-refractivity contribution in [1.29, 1.82) is 0 Å². The second kappa shape index (κ2) is 4.25. The number of halogens is 1. The number of hydrogen-bond acceptors (Lipinski definition) is 4. The average Bonchev–Trinajstić information content (AvgIpc) is 2.43. The van der Waals surface area contributed by atoms with Crippen molar-refractivity contribution in [3.8, 4) is 5.19 Å². The van der Waals surface area contributed by atoms with Crippen LogP contribution in [0.25, 0.3) is 6.08 Å². The highest BCUT2D eigenvalue weighted by atomic mass is 35.5. The van der Waals surface area contributed by atoms with Gasteiger partial charge in [0.2, 0.25) is 0 Å². The lowest BCUT2D eigenvalue weighted by Crippen LogP contribution is -1.84. The molecule has 1 aromatic heterocycles. The summed E-state index contributed by atoms with van der Waals surface area (Å²) in [6.45, 7) is 0. The standard InChI is InChI=1S/C7H6ClNO3S/c1-12-7-9-6(8)4(13-7)2-3-5(10)11/h2-3H,1H3,(H,10,11)/b3-2+. The smallest absolute Gasteiger partial charge is 0.328 e. The van der Waals surface area contributed by atoms with Crippen molar-refractivity contribution in [3.63, 3.8) is 0 Å². The van der Waals surface area contributed by atoms with Crippen LogP contribution < -0.4 is 4.74 Å². The molecule has 0 radical (unpaired) electrons. The summed E-state index contributed by atoms with van der Waals surface area (Å²) in [6.07, 6.45) is 2.38. The maximum atomic E-state index is 10.2. The second-order valence-corrected chi connectivity index (χ2v) is 3.36. The molecular weight excluding hydrogens is 214 g/mol. The van der Waals surface area contributed by atoms with Crippen LogP contribution in [0.4, 0.5) is 0 Å². The van der Waals surface area contributed by atoms with Gasteiger partial charge in [-0.15, -0.1) is 0 Å². The van der Waals surface area contributed by atoms with Gasteiger partial charge >= 0.3 is 5.97 Å². The van der Waals surface area contributed by atoms with Crippen molar-refractivity contribution in [1.82, 2.24) is 4.98 Å². The Morgan fingerprint density at radius 2 is 2.46 bits per heavy atom. The summed E-state index contributed by atoms with van der Waals surface area (Å²) in [7, 11) is 1.47. The van der Waals surface area contributed by atoms with E-state index < -0.39 is 5.97 Å². The minimum absolute atomic E-state index is 0.249. The maximum Gasteiger partial charge on any atom is 0.328 e. The first kappa shape index (κ1) is 10.0. The molecular formula is C7H6ClNO3S. The zero-order chi connectivity index (χ0) is 9.84. The number of carbonyl (C=O) groups is 1. The SMILES string of the molecule is COc1nc(Cl)c(/C=C/C(=O)O)s1. The molecule has 0 aromatic carbocycles. The summed E-state index contributed by atoms with van der Waals surface area (Å²) >= 11 is 6.87. The fourth-order valence-corrected chi connectivity index (χ4v) is 1.61. The van der Waals surface area contributed by atoms with Crippen molar-refractivity contribution in [2.75, 3.05) is 7.11 Å². The molecule has 70 valence electrons. The van der Waals surface area contributed by atoms with Gasteiger partial charge in [0.05, 0.1) is 12.0 Å². The average molecular weight is 220 g/mol. The van der Waals surface area contributed by atoms with Gasteiger partial charge in [0.1, 0.15) is 0 Å². The topological polar surface area (TPSA) is 59.4 Å². The zero-order valence-electron chi connectivity index (χ0n) is 6.65. The largest absolute Gasteiger partial charge is 0.478 e. The third kappa shape index (κ3) is 2.71. The molecule has 1 rings (SSSR count). The van der Waals surface area contributed by atoms with Crippen LogP contribution in [0.3, 0.4) is 0 Å². The van der Waals surface area contributed by atoms with Gasteiger partial charge in [0.25, 0.3) is 5.19 Å². The lowest BCUT2D eigenvalue weighted by atomic mass is 10.4. The molecule has 0 amide bonds. The fourth-order valence-electron chi connectivity index (χ4n) is 0.631. The molecule has 1 N–H and O–H groups in total. The van der Waals surface area contributed by atoms with Crippen LogP contribution in [0.5, 0.6) is 5.19 Å². The van der Waals surface area contributed by atoms with Gasteiger partial charge in [-0.3, -0.25) is 0 Å². The molecule has 1 aromatic rings. The summed E-state index contributed by atoms with van der Waals surface area (Å²) in [5, 5.41) is 9.01. The van der Waals surface area contributed by atoms with Crippen molar-refractivity contribution >= 4 is 35.0 Å². The molecule has 13 heavy (non-hydrogen) atoms. The number of hydrogen-bond donors (Lipinski definition) is 1. The van der Waals surface area contributed by atoms with Crippen molar-refractivity contribution in [2.24, 2.45) is 0 Å². The first-order valence-electron chi connectivity index (χ1n) is 3.25. The van der Waals surface area contributed by atoms with Crippen LogP contribution in [0.2, 0.25) is 5.15 Å². The monoisotopic (exact) mass is 219 g/mol. The molecule has 4 nitrogen and oxygen atoms in total. The summed E-state index contributed by atoms with van der Waals surface area (Å²) in [5.41, 5.74) is 0. The third-order valence-electron chi connectivity index (χ3n) is 1.14. The van der Waals surface area contributed by atoms with Crippen molar-refractivity contribution in [3.05, 3.63) is 16.1 Å². The van der Waals surface area contributed by atoms with Gasteiger partial charge in [-0.05, 0) is 6.08 Å². The number of nitrogens with zero attached hydrogens (tertiary/aromatic N) is 1. The van der Waals surface area contributed by atoms with Crippen LogP contribution >= 0.6 is 22.9 Å². The molecule has 0 atom stereocenters. The number of carboxylic acids is 1. The molecule has 6 heteroatoms. The third-order valence-corrected chi connectivity index (χ3v) is 2.52. The van der Waals surface area contributed by atoms with Gasteiger partial charge < -0.3 is 9.84 Å².